The molecule has 2 aliphatic rings. The second-order valence-electron chi connectivity index (χ2n) is 6.94. The molecule has 24 heavy (non-hydrogen) atoms. The van der Waals surface area contributed by atoms with E-state index in [2.05, 4.69) is 10.6 Å². The number of carbonyl (C=O) groups excluding carboxylic acids is 1. The second-order valence-corrected chi connectivity index (χ2v) is 6.94. The number of ether oxygens (including phenoxy) is 2. The van der Waals surface area contributed by atoms with E-state index in [1.807, 2.05) is 25.1 Å². The van der Waals surface area contributed by atoms with E-state index in [0.29, 0.717) is 12.0 Å². The smallest absolute Gasteiger partial charge is 0.237 e. The van der Waals surface area contributed by atoms with Crippen LogP contribution in [0.1, 0.15) is 50.6 Å². The number of nitrogens with one attached hydrogen (secondary N) is 2. The Morgan fingerprint density at radius 1 is 1.25 bits per heavy atom. The fourth-order valence-corrected chi connectivity index (χ4v) is 4.09. The molecular weight excluding hydrogens is 304 g/mol. The van der Waals surface area contributed by atoms with E-state index < -0.39 is 0 Å². The van der Waals surface area contributed by atoms with Gasteiger partial charge in [0.15, 0.2) is 0 Å². The minimum atomic E-state index is -0.132. The Balaban J connectivity index is 1.66. The van der Waals surface area contributed by atoms with Crippen LogP contribution in [0.4, 0.5) is 0 Å². The highest BCUT2D eigenvalue weighted by atomic mass is 16.5. The first-order valence-electron chi connectivity index (χ1n) is 8.90. The van der Waals surface area contributed by atoms with Gasteiger partial charge in [-0.15, -0.1) is 0 Å². The number of hydrogen-bond acceptors (Lipinski definition) is 4. The lowest BCUT2D eigenvalue weighted by Gasteiger charge is -2.24. The van der Waals surface area contributed by atoms with Crippen molar-refractivity contribution in [3.05, 3.63) is 23.8 Å². The summed E-state index contributed by atoms with van der Waals surface area (Å²) in [5.74, 6) is 2.27. The van der Waals surface area contributed by atoms with Crippen molar-refractivity contribution in [3.8, 4) is 11.5 Å². The van der Waals surface area contributed by atoms with Gasteiger partial charge in [0.2, 0.25) is 5.91 Å². The minimum Gasteiger partial charge on any atom is -0.497 e. The summed E-state index contributed by atoms with van der Waals surface area (Å²) in [4.78, 5) is 12.7. The van der Waals surface area contributed by atoms with Crippen LogP contribution in [0.3, 0.4) is 0 Å². The number of methoxy groups -OCH3 is 2. The number of fused-ring (bicyclic) bond motifs is 1. The lowest BCUT2D eigenvalue weighted by molar-refractivity contribution is -0.123. The molecule has 2 fully saturated rings. The fourth-order valence-electron chi connectivity index (χ4n) is 4.09. The number of benzene rings is 1. The van der Waals surface area contributed by atoms with Gasteiger partial charge in [-0.05, 0) is 50.3 Å². The van der Waals surface area contributed by atoms with Crippen molar-refractivity contribution in [2.24, 2.45) is 5.92 Å². The number of carbonyl (C=O) groups is 1. The van der Waals surface area contributed by atoms with Crippen molar-refractivity contribution in [3.63, 3.8) is 0 Å². The van der Waals surface area contributed by atoms with Crippen molar-refractivity contribution in [1.29, 1.82) is 0 Å². The van der Waals surface area contributed by atoms with E-state index in [1.54, 1.807) is 14.2 Å². The first kappa shape index (κ1) is 17.1. The fraction of sp³-hybridized carbons (Fsp3) is 0.632. The zero-order valence-corrected chi connectivity index (χ0v) is 14.8. The molecule has 1 amide bonds. The van der Waals surface area contributed by atoms with Gasteiger partial charge in [0, 0.05) is 11.6 Å². The summed E-state index contributed by atoms with van der Waals surface area (Å²) < 4.78 is 10.7. The second kappa shape index (κ2) is 7.43. The normalized spacial score (nSPS) is 27.2. The molecule has 1 saturated heterocycles. The summed E-state index contributed by atoms with van der Waals surface area (Å²) >= 11 is 0. The Kier molecular flexibility index (Phi) is 5.29. The molecule has 4 atom stereocenters. The van der Waals surface area contributed by atoms with Gasteiger partial charge in [-0.3, -0.25) is 4.79 Å². The average molecular weight is 332 g/mol. The highest BCUT2D eigenvalue weighted by molar-refractivity contribution is 5.82. The molecule has 5 nitrogen and oxygen atoms in total. The Morgan fingerprint density at radius 3 is 2.75 bits per heavy atom. The van der Waals surface area contributed by atoms with Gasteiger partial charge in [-0.1, -0.05) is 12.8 Å². The lowest BCUT2D eigenvalue weighted by Crippen LogP contribution is -2.43. The minimum absolute atomic E-state index is 0.0721. The Labute approximate surface area is 144 Å². The molecule has 4 unspecified atom stereocenters. The maximum atomic E-state index is 12.7. The van der Waals surface area contributed by atoms with Crippen molar-refractivity contribution in [2.45, 2.75) is 57.2 Å². The molecule has 0 aromatic heterocycles. The molecule has 1 aliphatic heterocycles. The van der Waals surface area contributed by atoms with Gasteiger partial charge in [-0.2, -0.15) is 0 Å². The Morgan fingerprint density at radius 2 is 2.04 bits per heavy atom. The molecule has 1 heterocycles. The summed E-state index contributed by atoms with van der Waals surface area (Å²) in [7, 11) is 3.28. The van der Waals surface area contributed by atoms with Crippen LogP contribution in [0, 0.1) is 5.92 Å². The lowest BCUT2D eigenvalue weighted by atomic mass is 9.85. The van der Waals surface area contributed by atoms with Crippen LogP contribution in [-0.4, -0.2) is 32.2 Å². The monoisotopic (exact) mass is 332 g/mol. The number of rotatable bonds is 5. The van der Waals surface area contributed by atoms with E-state index in [-0.39, 0.29) is 18.0 Å². The van der Waals surface area contributed by atoms with E-state index in [0.717, 1.165) is 23.5 Å². The third-order valence-corrected chi connectivity index (χ3v) is 5.44. The van der Waals surface area contributed by atoms with Gasteiger partial charge in [0.1, 0.15) is 11.5 Å². The SMILES string of the molecule is COc1ccc(OC)c(C(C)NC(=O)C2CC3CCCCC3N2)c1. The van der Waals surface area contributed by atoms with E-state index in [1.165, 1.54) is 25.7 Å². The summed E-state index contributed by atoms with van der Waals surface area (Å²) in [6.07, 6.45) is 5.99. The maximum Gasteiger partial charge on any atom is 0.237 e. The highest BCUT2D eigenvalue weighted by Crippen LogP contribution is 2.34. The molecule has 0 radical (unpaired) electrons. The standard InChI is InChI=1S/C19H28N2O3/c1-12(15-11-14(23-2)8-9-18(15)24-3)20-19(22)17-10-13-6-4-5-7-16(13)21-17/h8-9,11-13,16-17,21H,4-7,10H2,1-3H3,(H,20,22). The molecule has 132 valence electrons. The van der Waals surface area contributed by atoms with Crippen LogP contribution in [0.2, 0.25) is 0 Å². The molecule has 1 aliphatic carbocycles. The van der Waals surface area contributed by atoms with Crippen LogP contribution in [-0.2, 0) is 4.79 Å². The first-order valence-corrected chi connectivity index (χ1v) is 8.90. The van der Waals surface area contributed by atoms with Gasteiger partial charge >= 0.3 is 0 Å². The van der Waals surface area contributed by atoms with E-state index in [9.17, 15) is 4.79 Å². The molecule has 0 spiro atoms. The molecule has 3 rings (SSSR count). The number of amides is 1. The Hall–Kier alpha value is -1.75. The van der Waals surface area contributed by atoms with Crippen LogP contribution in [0.15, 0.2) is 18.2 Å². The van der Waals surface area contributed by atoms with Gasteiger partial charge in [0.05, 0.1) is 26.3 Å². The molecule has 1 saturated carbocycles. The van der Waals surface area contributed by atoms with Gasteiger partial charge < -0.3 is 20.1 Å². The van der Waals surface area contributed by atoms with Crippen LogP contribution in [0.25, 0.3) is 0 Å². The quantitative estimate of drug-likeness (QED) is 0.870. The zero-order chi connectivity index (χ0) is 17.1. The summed E-state index contributed by atoms with van der Waals surface area (Å²) in [5.41, 5.74) is 0.931. The van der Waals surface area contributed by atoms with Crippen molar-refractivity contribution < 1.29 is 14.3 Å². The number of hydrogen-bond donors (Lipinski definition) is 2. The molecule has 1 aromatic carbocycles. The third-order valence-electron chi connectivity index (χ3n) is 5.44. The van der Waals surface area contributed by atoms with Crippen LogP contribution < -0.4 is 20.1 Å². The van der Waals surface area contributed by atoms with Crippen molar-refractivity contribution in [1.82, 2.24) is 10.6 Å². The predicted octanol–water partition coefficient (Wildman–Crippen LogP) is 2.80. The first-order chi connectivity index (χ1) is 11.6. The van der Waals surface area contributed by atoms with Crippen LogP contribution in [0.5, 0.6) is 11.5 Å². The highest BCUT2D eigenvalue weighted by Gasteiger charge is 2.38. The van der Waals surface area contributed by atoms with Crippen molar-refractivity contribution >= 4 is 5.91 Å². The van der Waals surface area contributed by atoms with Crippen LogP contribution >= 0.6 is 0 Å². The van der Waals surface area contributed by atoms with Crippen molar-refractivity contribution in [2.75, 3.05) is 14.2 Å². The molecular formula is C19H28N2O3. The molecule has 0 bridgehead atoms. The van der Waals surface area contributed by atoms with Gasteiger partial charge in [0.25, 0.3) is 0 Å². The summed E-state index contributed by atoms with van der Waals surface area (Å²) in [5, 5.41) is 6.67. The Bertz CT molecular complexity index is 576. The van der Waals surface area contributed by atoms with E-state index in [4.69, 9.17) is 9.47 Å². The average Bonchev–Trinajstić information content (AvgIpc) is 3.05. The molecule has 2 N–H and O–H groups in total. The molecule has 1 aromatic rings. The summed E-state index contributed by atoms with van der Waals surface area (Å²) in [6.45, 7) is 1.98. The van der Waals surface area contributed by atoms with E-state index >= 15 is 0 Å². The zero-order valence-electron chi connectivity index (χ0n) is 14.8. The molecule has 5 heteroatoms. The summed E-state index contributed by atoms with van der Waals surface area (Å²) in [6, 6.07) is 5.98. The topological polar surface area (TPSA) is 59.6 Å². The van der Waals surface area contributed by atoms with Gasteiger partial charge in [-0.25, -0.2) is 0 Å². The predicted molar refractivity (Wildman–Crippen MR) is 93.4 cm³/mol. The maximum absolute atomic E-state index is 12.7. The third kappa shape index (κ3) is 3.51. The largest absolute Gasteiger partial charge is 0.497 e.